The molecule has 0 bridgehead atoms. The molecule has 2 aromatic heterocycles. The fourth-order valence-corrected chi connectivity index (χ4v) is 5.91. The van der Waals surface area contributed by atoms with Crippen LogP contribution in [0.5, 0.6) is 0 Å². The van der Waals surface area contributed by atoms with Crippen molar-refractivity contribution < 1.29 is 13.2 Å². The topological polar surface area (TPSA) is 86.4 Å². The molecule has 0 saturated carbocycles. The maximum Gasteiger partial charge on any atom is 0.264 e. The fourth-order valence-electron chi connectivity index (χ4n) is 4.71. The van der Waals surface area contributed by atoms with E-state index in [9.17, 15) is 13.2 Å². The van der Waals surface area contributed by atoms with Crippen LogP contribution in [0.2, 0.25) is 0 Å². The van der Waals surface area contributed by atoms with Gasteiger partial charge in [0.2, 0.25) is 0 Å². The summed E-state index contributed by atoms with van der Waals surface area (Å²) in [5.74, 6) is 0.361. The Balaban J connectivity index is 1.25. The van der Waals surface area contributed by atoms with Crippen molar-refractivity contribution in [3.63, 3.8) is 0 Å². The van der Waals surface area contributed by atoms with Gasteiger partial charge in [-0.3, -0.25) is 9.10 Å². The van der Waals surface area contributed by atoms with Gasteiger partial charge in [0.05, 0.1) is 10.6 Å². The molecule has 35 heavy (non-hydrogen) atoms. The Hall–Kier alpha value is -3.65. The largest absolute Gasteiger partial charge is 0.346 e. The molecule has 2 aromatic carbocycles. The smallest absolute Gasteiger partial charge is 0.264 e. The third kappa shape index (κ3) is 4.41. The van der Waals surface area contributed by atoms with E-state index in [1.165, 1.54) is 16.9 Å². The molecular formula is C27H28N4O3S. The van der Waals surface area contributed by atoms with Crippen molar-refractivity contribution in [2.24, 2.45) is 0 Å². The number of fused-ring (bicyclic) bond motifs is 1. The second-order valence-electron chi connectivity index (χ2n) is 9.04. The first-order valence-electron chi connectivity index (χ1n) is 11.7. The first-order chi connectivity index (χ1) is 16.8. The van der Waals surface area contributed by atoms with E-state index < -0.39 is 10.0 Å². The number of sulfonamides is 1. The molecule has 0 aliphatic carbocycles. The Bertz CT molecular complexity index is 1450. The number of carbonyl (C=O) groups is 1. The summed E-state index contributed by atoms with van der Waals surface area (Å²) >= 11 is 0. The summed E-state index contributed by atoms with van der Waals surface area (Å²) in [6.07, 6.45) is 5.61. The standard InChI is InChI=1S/C27H28N4O3S/c1-19-5-11-23(12-6-19)35(33,34)30(2)22-9-7-21(8-10-22)27(32)31-16-13-20(14-17-31)25-18-29-26-24(25)4-3-15-28-26/h3-12,15,18,20H,13-14,16-17H2,1-2H3,(H,28,29). The molecule has 7 nitrogen and oxygen atoms in total. The van der Waals surface area contributed by atoms with Gasteiger partial charge in [0, 0.05) is 43.5 Å². The van der Waals surface area contributed by atoms with Crippen LogP contribution < -0.4 is 4.31 Å². The van der Waals surface area contributed by atoms with Crippen molar-refractivity contribution in [2.45, 2.75) is 30.6 Å². The molecule has 5 rings (SSSR count). The summed E-state index contributed by atoms with van der Waals surface area (Å²) in [5, 5.41) is 1.15. The van der Waals surface area contributed by atoms with Gasteiger partial charge >= 0.3 is 0 Å². The number of aromatic nitrogens is 2. The first-order valence-corrected chi connectivity index (χ1v) is 13.2. The Morgan fingerprint density at radius 3 is 2.40 bits per heavy atom. The van der Waals surface area contributed by atoms with Crippen molar-refractivity contribution in [1.29, 1.82) is 0 Å². The molecule has 1 N–H and O–H groups in total. The average Bonchev–Trinajstić information content (AvgIpc) is 3.32. The number of carbonyl (C=O) groups excluding carboxylic acids is 1. The Morgan fingerprint density at radius 2 is 1.71 bits per heavy atom. The van der Waals surface area contributed by atoms with E-state index in [2.05, 4.69) is 16.0 Å². The third-order valence-electron chi connectivity index (χ3n) is 6.86. The van der Waals surface area contributed by atoms with E-state index in [1.807, 2.05) is 24.1 Å². The number of anilines is 1. The number of rotatable bonds is 5. The van der Waals surface area contributed by atoms with E-state index in [-0.39, 0.29) is 10.8 Å². The molecule has 1 aliphatic rings. The number of aryl methyl sites for hydroxylation is 1. The predicted molar refractivity (Wildman–Crippen MR) is 137 cm³/mol. The van der Waals surface area contributed by atoms with Gasteiger partial charge < -0.3 is 9.88 Å². The fraction of sp³-hybridized carbons (Fsp3) is 0.259. The molecule has 0 radical (unpaired) electrons. The molecule has 0 atom stereocenters. The summed E-state index contributed by atoms with van der Waals surface area (Å²) in [7, 11) is -2.15. The summed E-state index contributed by atoms with van der Waals surface area (Å²) in [4.78, 5) is 22.8. The molecule has 1 aliphatic heterocycles. The zero-order valence-corrected chi connectivity index (χ0v) is 20.6. The van der Waals surface area contributed by atoms with Crippen LogP contribution in [-0.4, -0.2) is 49.3 Å². The second kappa shape index (κ2) is 9.19. The Morgan fingerprint density at radius 1 is 1.03 bits per heavy atom. The molecular weight excluding hydrogens is 460 g/mol. The number of benzene rings is 2. The van der Waals surface area contributed by atoms with Crippen LogP contribution in [0.1, 0.15) is 40.2 Å². The highest BCUT2D eigenvalue weighted by atomic mass is 32.2. The zero-order chi connectivity index (χ0) is 24.6. The molecule has 1 amide bonds. The molecule has 1 saturated heterocycles. The van der Waals surface area contributed by atoms with Crippen LogP contribution in [0, 0.1) is 6.92 Å². The van der Waals surface area contributed by atoms with E-state index in [0.717, 1.165) is 29.4 Å². The molecule has 0 unspecified atom stereocenters. The SMILES string of the molecule is Cc1ccc(S(=O)(=O)N(C)c2ccc(C(=O)N3CCC(c4c[nH]c5ncccc45)CC3)cc2)cc1. The van der Waals surface area contributed by atoms with Gasteiger partial charge in [0.25, 0.3) is 15.9 Å². The maximum atomic E-state index is 13.1. The lowest BCUT2D eigenvalue weighted by atomic mass is 9.89. The highest BCUT2D eigenvalue weighted by molar-refractivity contribution is 7.92. The van der Waals surface area contributed by atoms with Gasteiger partial charge in [0.15, 0.2) is 0 Å². The molecule has 4 aromatic rings. The molecule has 0 spiro atoms. The minimum Gasteiger partial charge on any atom is -0.346 e. The number of H-pyrrole nitrogens is 1. The number of aromatic amines is 1. The highest BCUT2D eigenvalue weighted by Gasteiger charge is 2.27. The van der Waals surface area contributed by atoms with Gasteiger partial charge in [0.1, 0.15) is 5.65 Å². The second-order valence-corrected chi connectivity index (χ2v) is 11.0. The van der Waals surface area contributed by atoms with Crippen molar-refractivity contribution >= 4 is 32.7 Å². The van der Waals surface area contributed by atoms with Gasteiger partial charge in [-0.05, 0) is 79.8 Å². The minimum absolute atomic E-state index is 0.0281. The van der Waals surface area contributed by atoms with Gasteiger partial charge in [-0.15, -0.1) is 0 Å². The number of hydrogen-bond acceptors (Lipinski definition) is 4. The Kier molecular flexibility index (Phi) is 6.06. The molecule has 1 fully saturated rings. The Labute approximate surface area is 205 Å². The van der Waals surface area contributed by atoms with Gasteiger partial charge in [-0.1, -0.05) is 17.7 Å². The highest BCUT2D eigenvalue weighted by Crippen LogP contribution is 2.33. The first kappa shape index (κ1) is 23.1. The van der Waals surface area contributed by atoms with E-state index in [1.54, 1.807) is 54.7 Å². The lowest BCUT2D eigenvalue weighted by Crippen LogP contribution is -2.37. The number of piperidine rings is 1. The minimum atomic E-state index is -3.67. The monoisotopic (exact) mass is 488 g/mol. The van der Waals surface area contributed by atoms with E-state index in [4.69, 9.17) is 0 Å². The number of amides is 1. The van der Waals surface area contributed by atoms with Crippen molar-refractivity contribution in [2.75, 3.05) is 24.4 Å². The van der Waals surface area contributed by atoms with Gasteiger partial charge in [-0.25, -0.2) is 13.4 Å². The van der Waals surface area contributed by atoms with Crippen molar-refractivity contribution in [3.8, 4) is 0 Å². The number of nitrogens with zero attached hydrogens (tertiary/aromatic N) is 3. The van der Waals surface area contributed by atoms with Crippen LogP contribution in [0.25, 0.3) is 11.0 Å². The summed E-state index contributed by atoms with van der Waals surface area (Å²) in [6, 6.07) is 17.6. The lowest BCUT2D eigenvalue weighted by Gasteiger charge is -2.32. The quantitative estimate of drug-likeness (QED) is 0.441. The zero-order valence-electron chi connectivity index (χ0n) is 19.8. The van der Waals surface area contributed by atoms with Crippen LogP contribution >= 0.6 is 0 Å². The summed E-state index contributed by atoms with van der Waals surface area (Å²) < 4.78 is 27.2. The van der Waals surface area contributed by atoms with Crippen LogP contribution in [0.15, 0.2) is 78.0 Å². The molecule has 3 heterocycles. The summed E-state index contributed by atoms with van der Waals surface area (Å²) in [5.41, 5.74) is 4.23. The molecule has 180 valence electrons. The van der Waals surface area contributed by atoms with Gasteiger partial charge in [-0.2, -0.15) is 0 Å². The predicted octanol–water partition coefficient (Wildman–Crippen LogP) is 4.72. The number of likely N-dealkylation sites (tertiary alicyclic amines) is 1. The van der Waals surface area contributed by atoms with Crippen LogP contribution in [-0.2, 0) is 10.0 Å². The van der Waals surface area contributed by atoms with Crippen molar-refractivity contribution in [1.82, 2.24) is 14.9 Å². The van der Waals surface area contributed by atoms with Crippen LogP contribution in [0.4, 0.5) is 5.69 Å². The third-order valence-corrected chi connectivity index (χ3v) is 8.66. The van der Waals surface area contributed by atoms with E-state index >= 15 is 0 Å². The van der Waals surface area contributed by atoms with E-state index in [0.29, 0.717) is 30.3 Å². The normalized spacial score (nSPS) is 14.9. The van der Waals surface area contributed by atoms with Crippen LogP contribution in [0.3, 0.4) is 0 Å². The lowest BCUT2D eigenvalue weighted by molar-refractivity contribution is 0.0713. The number of hydrogen-bond donors (Lipinski definition) is 1. The maximum absolute atomic E-state index is 13.1. The van der Waals surface area contributed by atoms with Crippen molar-refractivity contribution in [3.05, 3.63) is 89.7 Å². The summed E-state index contributed by atoms with van der Waals surface area (Å²) in [6.45, 7) is 3.28. The average molecular weight is 489 g/mol. The molecule has 8 heteroatoms. The number of pyridine rings is 1. The number of nitrogens with one attached hydrogen (secondary N) is 1.